The van der Waals surface area contributed by atoms with Gasteiger partial charge in [-0.05, 0) is 61.2 Å². The summed E-state index contributed by atoms with van der Waals surface area (Å²) in [4.78, 5) is 18.5. The summed E-state index contributed by atoms with van der Waals surface area (Å²) < 4.78 is 28.5. The van der Waals surface area contributed by atoms with Crippen LogP contribution in [0.25, 0.3) is 0 Å². The zero-order chi connectivity index (χ0) is 19.4. The monoisotopic (exact) mass is 359 g/mol. The van der Waals surface area contributed by atoms with Gasteiger partial charge in [0.1, 0.15) is 17.4 Å². The fourth-order valence-corrected chi connectivity index (χ4v) is 3.26. The molecule has 2 aromatic carbocycles. The zero-order valence-electron chi connectivity index (χ0n) is 14.9. The molecule has 3 rings (SSSR count). The fraction of sp³-hybridized carbons (Fsp3) is 0.263. The maximum Gasteiger partial charge on any atom is 0.266 e. The van der Waals surface area contributed by atoms with E-state index in [1.165, 1.54) is 20.0 Å². The lowest BCUT2D eigenvalue weighted by atomic mass is 9.80. The minimum atomic E-state index is -1.77. The van der Waals surface area contributed by atoms with Gasteiger partial charge in [0.25, 0.3) is 5.91 Å². The first kappa shape index (κ1) is 17.8. The first-order valence-corrected chi connectivity index (χ1v) is 8.00. The van der Waals surface area contributed by atoms with E-state index in [-0.39, 0.29) is 22.8 Å². The molecule has 0 aliphatic carbocycles. The van der Waals surface area contributed by atoms with Crippen molar-refractivity contribution in [3.05, 3.63) is 63.7 Å². The molecule has 1 amide bonds. The number of aryl methyl sites for hydroxylation is 3. The summed E-state index contributed by atoms with van der Waals surface area (Å²) in [6.45, 7) is 4.82. The smallest absolute Gasteiger partial charge is 0.266 e. The minimum Gasteiger partial charge on any atom is -0.507 e. The molecular weight excluding hydrogens is 340 g/mol. The van der Waals surface area contributed by atoms with E-state index in [2.05, 4.69) is 4.99 Å². The number of hydrogen-bond donors (Lipinski definition) is 2. The number of nitrogens with two attached hydrogens (primary N) is 1. The zero-order valence-corrected chi connectivity index (χ0v) is 14.9. The highest BCUT2D eigenvalue weighted by molar-refractivity contribution is 6.09. The summed E-state index contributed by atoms with van der Waals surface area (Å²) in [5.41, 5.74) is 5.55. The number of phenols is 1. The summed E-state index contributed by atoms with van der Waals surface area (Å²) in [7, 11) is 1.44. The number of rotatable bonds is 2. The van der Waals surface area contributed by atoms with Crippen molar-refractivity contribution in [2.24, 2.45) is 10.7 Å². The third-order valence-electron chi connectivity index (χ3n) is 4.79. The Morgan fingerprint density at radius 3 is 2.12 bits per heavy atom. The van der Waals surface area contributed by atoms with Crippen LogP contribution in [0.15, 0.2) is 29.3 Å². The summed E-state index contributed by atoms with van der Waals surface area (Å²) in [5.74, 6) is -2.15. The number of hydrogen-bond acceptors (Lipinski definition) is 4. The lowest BCUT2D eigenvalue weighted by Crippen LogP contribution is -2.41. The second-order valence-electron chi connectivity index (χ2n) is 6.58. The number of guanidine groups is 1. The molecule has 0 spiro atoms. The number of likely N-dealkylation sites (N-methyl/N-ethyl adjacent to an activating group) is 1. The maximum absolute atomic E-state index is 14.8. The van der Waals surface area contributed by atoms with Crippen LogP contribution in [0.4, 0.5) is 8.78 Å². The van der Waals surface area contributed by atoms with Crippen LogP contribution in [0, 0.1) is 32.4 Å². The van der Waals surface area contributed by atoms with Crippen LogP contribution in [0.5, 0.6) is 5.75 Å². The third-order valence-corrected chi connectivity index (χ3v) is 4.79. The Balaban J connectivity index is 2.41. The highest BCUT2D eigenvalue weighted by atomic mass is 19.1. The molecule has 0 saturated carbocycles. The normalized spacial score (nSPS) is 19.8. The van der Waals surface area contributed by atoms with Crippen LogP contribution in [-0.4, -0.2) is 28.9 Å². The molecule has 1 atom stereocenters. The molecule has 0 bridgehead atoms. The molecule has 26 heavy (non-hydrogen) atoms. The van der Waals surface area contributed by atoms with Crippen molar-refractivity contribution in [3.63, 3.8) is 0 Å². The molecule has 0 fully saturated rings. The van der Waals surface area contributed by atoms with Gasteiger partial charge in [0.15, 0.2) is 11.5 Å². The Morgan fingerprint density at radius 2 is 1.62 bits per heavy atom. The summed E-state index contributed by atoms with van der Waals surface area (Å²) in [6.07, 6.45) is 0. The van der Waals surface area contributed by atoms with Crippen molar-refractivity contribution >= 4 is 11.9 Å². The molecule has 0 aromatic heterocycles. The lowest BCUT2D eigenvalue weighted by Gasteiger charge is -2.28. The van der Waals surface area contributed by atoms with Gasteiger partial charge in [-0.3, -0.25) is 9.69 Å². The predicted octanol–water partition coefficient (Wildman–Crippen LogP) is 2.63. The van der Waals surface area contributed by atoms with Crippen molar-refractivity contribution in [2.75, 3.05) is 7.05 Å². The van der Waals surface area contributed by atoms with Crippen molar-refractivity contribution < 1.29 is 18.7 Å². The average molecular weight is 359 g/mol. The van der Waals surface area contributed by atoms with Crippen LogP contribution in [0.1, 0.15) is 27.8 Å². The molecule has 1 aliphatic rings. The number of phenolic OH excluding ortho intramolecular Hbond substituents is 1. The Morgan fingerprint density at radius 1 is 1.04 bits per heavy atom. The van der Waals surface area contributed by atoms with E-state index in [1.807, 2.05) is 0 Å². The van der Waals surface area contributed by atoms with Crippen LogP contribution >= 0.6 is 0 Å². The van der Waals surface area contributed by atoms with Crippen LogP contribution < -0.4 is 5.73 Å². The SMILES string of the molecule is Cc1cc(C2(c3cc(C)c(O)c(C)c3)N=C(N)N(C)C2=O)c(F)cc1F. The second-order valence-corrected chi connectivity index (χ2v) is 6.58. The predicted molar refractivity (Wildman–Crippen MR) is 93.8 cm³/mol. The average Bonchev–Trinajstić information content (AvgIpc) is 2.80. The van der Waals surface area contributed by atoms with Crippen LogP contribution in [0.2, 0.25) is 0 Å². The molecular formula is C19H19F2N3O2. The van der Waals surface area contributed by atoms with E-state index in [4.69, 9.17) is 5.73 Å². The van der Waals surface area contributed by atoms with Gasteiger partial charge in [-0.2, -0.15) is 0 Å². The van der Waals surface area contributed by atoms with Crippen molar-refractivity contribution in [1.82, 2.24) is 4.90 Å². The molecule has 1 unspecified atom stereocenters. The molecule has 0 radical (unpaired) electrons. The van der Waals surface area contributed by atoms with E-state index >= 15 is 0 Å². The highest BCUT2D eigenvalue weighted by Gasteiger charge is 2.51. The molecule has 0 saturated heterocycles. The number of benzene rings is 2. The van der Waals surface area contributed by atoms with E-state index in [9.17, 15) is 18.7 Å². The number of halogens is 2. The van der Waals surface area contributed by atoms with Gasteiger partial charge in [-0.15, -0.1) is 0 Å². The molecule has 7 heteroatoms. The highest BCUT2D eigenvalue weighted by Crippen LogP contribution is 2.42. The Labute approximate surface area is 149 Å². The van der Waals surface area contributed by atoms with Gasteiger partial charge in [-0.25, -0.2) is 13.8 Å². The first-order valence-electron chi connectivity index (χ1n) is 8.00. The number of carbonyl (C=O) groups excluding carboxylic acids is 1. The number of aliphatic imine (C=N–C) groups is 1. The molecule has 1 aliphatic heterocycles. The van der Waals surface area contributed by atoms with Gasteiger partial charge in [0.05, 0.1) is 0 Å². The first-order chi connectivity index (χ1) is 12.1. The molecule has 1 heterocycles. The summed E-state index contributed by atoms with van der Waals surface area (Å²) in [6, 6.07) is 5.14. The van der Waals surface area contributed by atoms with E-state index < -0.39 is 23.1 Å². The van der Waals surface area contributed by atoms with Crippen LogP contribution in [0.3, 0.4) is 0 Å². The Bertz CT molecular complexity index is 948. The number of carbonyl (C=O) groups is 1. The van der Waals surface area contributed by atoms with Crippen molar-refractivity contribution in [2.45, 2.75) is 26.3 Å². The molecule has 2 aromatic rings. The van der Waals surface area contributed by atoms with Crippen molar-refractivity contribution in [1.29, 1.82) is 0 Å². The van der Waals surface area contributed by atoms with Gasteiger partial charge < -0.3 is 10.8 Å². The topological polar surface area (TPSA) is 78.9 Å². The van der Waals surface area contributed by atoms with Crippen molar-refractivity contribution in [3.8, 4) is 5.75 Å². The van der Waals surface area contributed by atoms with Gasteiger partial charge in [0, 0.05) is 18.7 Å². The summed E-state index contributed by atoms with van der Waals surface area (Å²) in [5, 5.41) is 10.1. The second kappa shape index (κ2) is 5.79. The van der Waals surface area contributed by atoms with Crippen LogP contribution in [-0.2, 0) is 10.3 Å². The van der Waals surface area contributed by atoms with Gasteiger partial charge >= 0.3 is 0 Å². The standard InChI is InChI=1S/C19H19F2N3O2/c1-9-7-13(15(21)8-14(9)20)19(17(26)24(4)18(22)23-19)12-5-10(2)16(25)11(3)6-12/h5-8,25H,1-4H3,(H2,22,23). The quantitative estimate of drug-likeness (QED) is 0.865. The number of nitrogens with zero attached hydrogens (tertiary/aromatic N) is 2. The largest absolute Gasteiger partial charge is 0.507 e. The Hall–Kier alpha value is -2.96. The third kappa shape index (κ3) is 2.34. The number of amides is 1. The molecule has 136 valence electrons. The minimum absolute atomic E-state index is 0.0697. The van der Waals surface area contributed by atoms with E-state index in [0.717, 1.165) is 11.0 Å². The lowest BCUT2D eigenvalue weighted by molar-refractivity contribution is -0.129. The Kier molecular flexibility index (Phi) is 3.98. The summed E-state index contributed by atoms with van der Waals surface area (Å²) >= 11 is 0. The van der Waals surface area contributed by atoms with Gasteiger partial charge in [0.2, 0.25) is 0 Å². The number of aromatic hydroxyl groups is 1. The van der Waals surface area contributed by atoms with E-state index in [1.54, 1.807) is 26.0 Å². The maximum atomic E-state index is 14.8. The fourth-order valence-electron chi connectivity index (χ4n) is 3.26. The van der Waals surface area contributed by atoms with E-state index in [0.29, 0.717) is 16.7 Å². The molecule has 3 N–H and O–H groups in total. The van der Waals surface area contributed by atoms with Gasteiger partial charge in [-0.1, -0.05) is 0 Å². The molecule has 5 nitrogen and oxygen atoms in total.